The summed E-state index contributed by atoms with van der Waals surface area (Å²) < 4.78 is 10.6. The summed E-state index contributed by atoms with van der Waals surface area (Å²) in [6.45, 7) is 0. The number of aryl methyl sites for hydroxylation is 2. The molecule has 0 amide bonds. The van der Waals surface area contributed by atoms with Gasteiger partial charge in [0, 0.05) is 18.1 Å². The van der Waals surface area contributed by atoms with Gasteiger partial charge >= 0.3 is 0 Å². The molecule has 3 aromatic rings. The number of hydrogen-bond acceptors (Lipinski definition) is 3. The van der Waals surface area contributed by atoms with Crippen molar-refractivity contribution in [3.05, 3.63) is 72.0 Å². The summed E-state index contributed by atoms with van der Waals surface area (Å²) in [7, 11) is 1.68. The Bertz CT molecular complexity index is 702. The Morgan fingerprint density at radius 2 is 1.73 bits per heavy atom. The van der Waals surface area contributed by atoms with Gasteiger partial charge in [-0.2, -0.15) is 0 Å². The fourth-order valence-electron chi connectivity index (χ4n) is 2.43. The average Bonchev–Trinajstić information content (AvgIpc) is 3.05. The molecule has 0 atom stereocenters. The van der Waals surface area contributed by atoms with E-state index in [1.807, 2.05) is 48.5 Å². The lowest BCUT2D eigenvalue weighted by Crippen LogP contribution is -1.89. The normalized spacial score (nSPS) is 10.6. The third kappa shape index (κ3) is 3.55. The van der Waals surface area contributed by atoms with Crippen LogP contribution in [-0.2, 0) is 12.8 Å². The van der Waals surface area contributed by atoms with E-state index in [2.05, 4.69) is 17.3 Å². The zero-order valence-corrected chi connectivity index (χ0v) is 12.7. The molecule has 0 bridgehead atoms. The molecule has 0 spiro atoms. The highest BCUT2D eigenvalue weighted by Gasteiger charge is 2.06. The third-order valence-electron chi connectivity index (χ3n) is 3.68. The molecule has 112 valence electrons. The summed E-state index contributed by atoms with van der Waals surface area (Å²) in [6.07, 6.45) is 2.95. The van der Waals surface area contributed by atoms with Crippen molar-refractivity contribution in [1.82, 2.24) is 5.16 Å². The number of benzene rings is 2. The van der Waals surface area contributed by atoms with Crippen LogP contribution in [0.25, 0.3) is 11.3 Å². The van der Waals surface area contributed by atoms with Crippen molar-refractivity contribution in [2.75, 3.05) is 7.11 Å². The summed E-state index contributed by atoms with van der Waals surface area (Å²) >= 11 is 0. The molecule has 2 aromatic carbocycles. The molecule has 0 saturated heterocycles. The van der Waals surface area contributed by atoms with Gasteiger partial charge in [0.2, 0.25) is 0 Å². The molecule has 0 fully saturated rings. The predicted octanol–water partition coefficient (Wildman–Crippen LogP) is 4.53. The zero-order valence-electron chi connectivity index (χ0n) is 12.7. The second kappa shape index (κ2) is 6.94. The summed E-state index contributed by atoms with van der Waals surface area (Å²) in [5, 5.41) is 4.14. The van der Waals surface area contributed by atoms with Crippen LogP contribution in [0.15, 0.2) is 65.2 Å². The van der Waals surface area contributed by atoms with Crippen molar-refractivity contribution in [1.29, 1.82) is 0 Å². The average molecular weight is 293 g/mol. The van der Waals surface area contributed by atoms with E-state index in [0.717, 1.165) is 42.0 Å². The molecule has 1 aromatic heterocycles. The van der Waals surface area contributed by atoms with Gasteiger partial charge in [0.25, 0.3) is 0 Å². The number of hydrogen-bond donors (Lipinski definition) is 0. The van der Waals surface area contributed by atoms with Crippen LogP contribution in [0.2, 0.25) is 0 Å². The monoisotopic (exact) mass is 293 g/mol. The maximum Gasteiger partial charge on any atom is 0.137 e. The third-order valence-corrected chi connectivity index (χ3v) is 3.68. The van der Waals surface area contributed by atoms with E-state index in [1.165, 1.54) is 5.56 Å². The van der Waals surface area contributed by atoms with Gasteiger partial charge < -0.3 is 9.26 Å². The SMILES string of the molecule is COc1ccc(CCCc2cc(-c3ccccc3)no2)cc1. The molecule has 0 aliphatic carbocycles. The Hall–Kier alpha value is -2.55. The molecule has 0 radical (unpaired) electrons. The Morgan fingerprint density at radius 3 is 2.45 bits per heavy atom. The first-order valence-electron chi connectivity index (χ1n) is 7.49. The minimum Gasteiger partial charge on any atom is -0.497 e. The largest absolute Gasteiger partial charge is 0.497 e. The maximum atomic E-state index is 5.42. The van der Waals surface area contributed by atoms with Crippen LogP contribution in [0.4, 0.5) is 0 Å². The molecular formula is C19H19NO2. The number of rotatable bonds is 6. The van der Waals surface area contributed by atoms with Gasteiger partial charge in [0.15, 0.2) is 0 Å². The molecule has 0 saturated carbocycles. The van der Waals surface area contributed by atoms with E-state index in [9.17, 15) is 0 Å². The van der Waals surface area contributed by atoms with Gasteiger partial charge in [0.1, 0.15) is 17.2 Å². The summed E-state index contributed by atoms with van der Waals surface area (Å²) in [4.78, 5) is 0. The highest BCUT2D eigenvalue weighted by atomic mass is 16.5. The van der Waals surface area contributed by atoms with E-state index in [-0.39, 0.29) is 0 Å². The minimum atomic E-state index is 0.895. The summed E-state index contributed by atoms with van der Waals surface area (Å²) in [5.41, 5.74) is 3.30. The van der Waals surface area contributed by atoms with Crippen molar-refractivity contribution in [2.24, 2.45) is 0 Å². The molecule has 1 heterocycles. The zero-order chi connectivity index (χ0) is 15.2. The van der Waals surface area contributed by atoms with Crippen LogP contribution < -0.4 is 4.74 Å². The van der Waals surface area contributed by atoms with Crippen molar-refractivity contribution in [3.8, 4) is 17.0 Å². The van der Waals surface area contributed by atoms with Crippen molar-refractivity contribution in [2.45, 2.75) is 19.3 Å². The molecule has 0 aliphatic heterocycles. The van der Waals surface area contributed by atoms with Gasteiger partial charge in [-0.15, -0.1) is 0 Å². The number of nitrogens with zero attached hydrogens (tertiary/aromatic N) is 1. The van der Waals surface area contributed by atoms with Crippen LogP contribution in [0.3, 0.4) is 0 Å². The summed E-state index contributed by atoms with van der Waals surface area (Å²) in [6, 6.07) is 20.3. The second-order valence-electron chi connectivity index (χ2n) is 5.25. The highest BCUT2D eigenvalue weighted by Crippen LogP contribution is 2.20. The molecule has 0 aliphatic rings. The lowest BCUT2D eigenvalue weighted by molar-refractivity contribution is 0.382. The fraction of sp³-hybridized carbons (Fsp3) is 0.211. The first-order valence-corrected chi connectivity index (χ1v) is 7.49. The standard InChI is InChI=1S/C19H19NO2/c1-21-17-12-10-15(11-13-17)6-5-9-18-14-19(20-22-18)16-7-3-2-4-8-16/h2-4,7-8,10-14H,5-6,9H2,1H3. The minimum absolute atomic E-state index is 0.895. The van der Waals surface area contributed by atoms with E-state index < -0.39 is 0 Å². The van der Waals surface area contributed by atoms with E-state index >= 15 is 0 Å². The second-order valence-corrected chi connectivity index (χ2v) is 5.25. The Balaban J connectivity index is 1.54. The number of methoxy groups -OCH3 is 1. The first-order chi connectivity index (χ1) is 10.8. The lowest BCUT2D eigenvalue weighted by atomic mass is 10.1. The van der Waals surface area contributed by atoms with Gasteiger partial charge in [-0.05, 0) is 30.5 Å². The predicted molar refractivity (Wildman–Crippen MR) is 87.0 cm³/mol. The summed E-state index contributed by atoms with van der Waals surface area (Å²) in [5.74, 6) is 1.83. The van der Waals surface area contributed by atoms with E-state index in [0.29, 0.717) is 0 Å². The van der Waals surface area contributed by atoms with Crippen LogP contribution >= 0.6 is 0 Å². The molecule has 3 rings (SSSR count). The van der Waals surface area contributed by atoms with Crippen LogP contribution in [0.5, 0.6) is 5.75 Å². The van der Waals surface area contributed by atoms with Crippen LogP contribution in [0, 0.1) is 0 Å². The first kappa shape index (κ1) is 14.4. The smallest absolute Gasteiger partial charge is 0.137 e. The highest BCUT2D eigenvalue weighted by molar-refractivity contribution is 5.58. The van der Waals surface area contributed by atoms with Gasteiger partial charge in [0.05, 0.1) is 7.11 Å². The lowest BCUT2D eigenvalue weighted by Gasteiger charge is -2.02. The fourth-order valence-corrected chi connectivity index (χ4v) is 2.43. The molecular weight excluding hydrogens is 274 g/mol. The quantitative estimate of drug-likeness (QED) is 0.670. The number of ether oxygens (including phenoxy) is 1. The molecule has 0 N–H and O–H groups in total. The molecule has 0 unspecified atom stereocenters. The molecule has 3 heteroatoms. The van der Waals surface area contributed by atoms with E-state index in [4.69, 9.17) is 9.26 Å². The Morgan fingerprint density at radius 1 is 0.955 bits per heavy atom. The molecule has 22 heavy (non-hydrogen) atoms. The van der Waals surface area contributed by atoms with Gasteiger partial charge in [-0.25, -0.2) is 0 Å². The van der Waals surface area contributed by atoms with Crippen LogP contribution in [0.1, 0.15) is 17.7 Å². The van der Waals surface area contributed by atoms with Gasteiger partial charge in [-0.1, -0.05) is 47.6 Å². The topological polar surface area (TPSA) is 35.3 Å². The van der Waals surface area contributed by atoms with Crippen molar-refractivity contribution in [3.63, 3.8) is 0 Å². The van der Waals surface area contributed by atoms with Crippen LogP contribution in [-0.4, -0.2) is 12.3 Å². The van der Waals surface area contributed by atoms with Crippen molar-refractivity contribution < 1.29 is 9.26 Å². The van der Waals surface area contributed by atoms with Gasteiger partial charge in [-0.3, -0.25) is 0 Å². The Kier molecular flexibility index (Phi) is 4.54. The van der Waals surface area contributed by atoms with Crippen molar-refractivity contribution >= 4 is 0 Å². The Labute approximate surface area is 130 Å². The molecule has 3 nitrogen and oxygen atoms in total. The number of aromatic nitrogens is 1. The van der Waals surface area contributed by atoms with E-state index in [1.54, 1.807) is 7.11 Å². The maximum absolute atomic E-state index is 5.42.